The molecule has 2 aromatic carbocycles. The summed E-state index contributed by atoms with van der Waals surface area (Å²) in [5, 5.41) is 3.73. The van der Waals surface area contributed by atoms with Gasteiger partial charge in [0.15, 0.2) is 5.76 Å². The van der Waals surface area contributed by atoms with Crippen LogP contribution in [-0.2, 0) is 16.8 Å². The summed E-state index contributed by atoms with van der Waals surface area (Å²) in [6, 6.07) is 14.5. The van der Waals surface area contributed by atoms with Crippen molar-refractivity contribution in [1.29, 1.82) is 0 Å². The Hall–Kier alpha value is -3.41. The zero-order valence-corrected chi connectivity index (χ0v) is 16.0. The Labute approximate surface area is 167 Å². The predicted octanol–water partition coefficient (Wildman–Crippen LogP) is 3.71. The number of urea groups is 1. The van der Waals surface area contributed by atoms with E-state index in [1.807, 2.05) is 49.4 Å². The first-order chi connectivity index (χ1) is 14.0. The molecule has 1 aliphatic heterocycles. The van der Waals surface area contributed by atoms with Gasteiger partial charge in [0.25, 0.3) is 5.91 Å². The average Bonchev–Trinajstić information content (AvgIpc) is 3.19. The first-order valence-electron chi connectivity index (χ1n) is 9.75. The number of para-hydroxylation sites is 1. The van der Waals surface area contributed by atoms with Gasteiger partial charge in [-0.05, 0) is 43.4 Å². The van der Waals surface area contributed by atoms with Crippen LogP contribution in [-0.4, -0.2) is 29.2 Å². The van der Waals surface area contributed by atoms with Gasteiger partial charge in [-0.25, -0.2) is 4.79 Å². The molecule has 3 aromatic rings. The molecule has 0 saturated carbocycles. The number of aryl methyl sites for hydroxylation is 2. The zero-order valence-electron chi connectivity index (χ0n) is 16.0. The van der Waals surface area contributed by atoms with Gasteiger partial charge >= 0.3 is 6.03 Å². The summed E-state index contributed by atoms with van der Waals surface area (Å²) in [6.07, 6.45) is 2.20. The molecule has 1 spiro atoms. The normalized spacial score (nSPS) is 20.9. The number of nitrogens with one attached hydrogen (secondary N) is 1. The fourth-order valence-electron chi connectivity index (χ4n) is 4.61. The molecule has 5 rings (SSSR count). The monoisotopic (exact) mass is 388 g/mol. The van der Waals surface area contributed by atoms with Gasteiger partial charge in [0.05, 0.1) is 6.54 Å². The van der Waals surface area contributed by atoms with Crippen LogP contribution in [0.4, 0.5) is 4.79 Å². The summed E-state index contributed by atoms with van der Waals surface area (Å²) in [5.41, 5.74) is 2.15. The second kappa shape index (κ2) is 6.30. The number of carbonyl (C=O) groups is 3. The minimum atomic E-state index is -1.07. The van der Waals surface area contributed by atoms with E-state index in [9.17, 15) is 14.4 Å². The molecule has 6 nitrogen and oxygen atoms in total. The SMILES string of the molecule is Cc1c(C(=O)CN2C(=O)NC3(CCCc4ccccc43)C2=O)oc2ccccc12. The van der Waals surface area contributed by atoms with Crippen molar-refractivity contribution >= 4 is 28.7 Å². The number of benzene rings is 2. The average molecular weight is 388 g/mol. The number of fused-ring (bicyclic) bond motifs is 3. The van der Waals surface area contributed by atoms with Crippen LogP contribution >= 0.6 is 0 Å². The molecule has 0 radical (unpaired) electrons. The quantitative estimate of drug-likeness (QED) is 0.548. The van der Waals surface area contributed by atoms with Gasteiger partial charge in [0.2, 0.25) is 5.78 Å². The lowest BCUT2D eigenvalue weighted by atomic mass is 9.76. The maximum atomic E-state index is 13.3. The predicted molar refractivity (Wildman–Crippen MR) is 107 cm³/mol. The molecule has 1 fully saturated rings. The lowest BCUT2D eigenvalue weighted by Crippen LogP contribution is -2.46. The highest BCUT2D eigenvalue weighted by molar-refractivity contribution is 6.12. The zero-order chi connectivity index (χ0) is 20.2. The highest BCUT2D eigenvalue weighted by Crippen LogP contribution is 2.40. The lowest BCUT2D eigenvalue weighted by Gasteiger charge is -2.33. The van der Waals surface area contributed by atoms with Gasteiger partial charge < -0.3 is 9.73 Å². The number of hydrogen-bond donors (Lipinski definition) is 1. The lowest BCUT2D eigenvalue weighted by molar-refractivity contribution is -0.131. The van der Waals surface area contributed by atoms with E-state index in [4.69, 9.17) is 4.42 Å². The smallest absolute Gasteiger partial charge is 0.325 e. The Kier molecular flexibility index (Phi) is 3.84. The Bertz CT molecular complexity index is 1180. The van der Waals surface area contributed by atoms with Crippen molar-refractivity contribution < 1.29 is 18.8 Å². The number of amides is 3. The Morgan fingerprint density at radius 1 is 1.14 bits per heavy atom. The third-order valence-electron chi connectivity index (χ3n) is 6.05. The van der Waals surface area contributed by atoms with Crippen LogP contribution in [0.2, 0.25) is 0 Å². The summed E-state index contributed by atoms with van der Waals surface area (Å²) in [5.74, 6) is -0.558. The molecule has 29 heavy (non-hydrogen) atoms. The molecular formula is C23H20N2O4. The van der Waals surface area contributed by atoms with E-state index in [0.29, 0.717) is 12.0 Å². The van der Waals surface area contributed by atoms with Gasteiger partial charge in [0, 0.05) is 10.9 Å². The molecule has 1 aromatic heterocycles. The summed E-state index contributed by atoms with van der Waals surface area (Å²) in [6.45, 7) is 1.47. The second-order valence-corrected chi connectivity index (χ2v) is 7.71. The minimum Gasteiger partial charge on any atom is -0.453 e. The second-order valence-electron chi connectivity index (χ2n) is 7.71. The van der Waals surface area contributed by atoms with E-state index in [1.165, 1.54) is 0 Å². The van der Waals surface area contributed by atoms with E-state index in [1.54, 1.807) is 6.07 Å². The van der Waals surface area contributed by atoms with Gasteiger partial charge in [-0.2, -0.15) is 0 Å². The van der Waals surface area contributed by atoms with Crippen molar-refractivity contribution in [1.82, 2.24) is 10.2 Å². The van der Waals surface area contributed by atoms with E-state index in [2.05, 4.69) is 5.32 Å². The number of hydrogen-bond acceptors (Lipinski definition) is 4. The van der Waals surface area contributed by atoms with E-state index >= 15 is 0 Å². The van der Waals surface area contributed by atoms with Crippen LogP contribution in [0.1, 0.15) is 40.1 Å². The number of carbonyl (C=O) groups excluding carboxylic acids is 3. The summed E-state index contributed by atoms with van der Waals surface area (Å²) < 4.78 is 5.72. The number of Topliss-reactive ketones (excluding diaryl/α,β-unsaturated/α-hetero) is 1. The van der Waals surface area contributed by atoms with Crippen molar-refractivity contribution in [2.24, 2.45) is 0 Å². The van der Waals surface area contributed by atoms with Gasteiger partial charge in [-0.15, -0.1) is 0 Å². The fourth-order valence-corrected chi connectivity index (χ4v) is 4.61. The topological polar surface area (TPSA) is 79.6 Å². The number of nitrogens with zero attached hydrogens (tertiary/aromatic N) is 1. The Morgan fingerprint density at radius 3 is 2.72 bits per heavy atom. The molecule has 2 heterocycles. The first-order valence-corrected chi connectivity index (χ1v) is 9.75. The fraction of sp³-hybridized carbons (Fsp3) is 0.261. The molecule has 0 bridgehead atoms. The van der Waals surface area contributed by atoms with Crippen LogP contribution in [0.3, 0.4) is 0 Å². The van der Waals surface area contributed by atoms with E-state index < -0.39 is 11.6 Å². The molecule has 1 saturated heterocycles. The van der Waals surface area contributed by atoms with Crippen LogP contribution in [0.5, 0.6) is 0 Å². The number of rotatable bonds is 3. The van der Waals surface area contributed by atoms with Crippen molar-refractivity contribution in [2.45, 2.75) is 31.7 Å². The van der Waals surface area contributed by atoms with Gasteiger partial charge in [0.1, 0.15) is 11.1 Å². The Morgan fingerprint density at radius 2 is 1.90 bits per heavy atom. The van der Waals surface area contributed by atoms with Gasteiger partial charge in [-0.3, -0.25) is 14.5 Å². The van der Waals surface area contributed by atoms with Crippen LogP contribution in [0.15, 0.2) is 52.9 Å². The first kappa shape index (κ1) is 17.7. The van der Waals surface area contributed by atoms with Crippen LogP contribution in [0, 0.1) is 6.92 Å². The number of furan rings is 1. The summed E-state index contributed by atoms with van der Waals surface area (Å²) in [7, 11) is 0. The number of ketones is 1. The maximum Gasteiger partial charge on any atom is 0.325 e. The van der Waals surface area contributed by atoms with Crippen LogP contribution < -0.4 is 5.32 Å². The highest BCUT2D eigenvalue weighted by atomic mass is 16.3. The third-order valence-corrected chi connectivity index (χ3v) is 6.05. The van der Waals surface area contributed by atoms with Gasteiger partial charge in [-0.1, -0.05) is 42.5 Å². The molecule has 146 valence electrons. The summed E-state index contributed by atoms with van der Waals surface area (Å²) >= 11 is 0. The van der Waals surface area contributed by atoms with E-state index in [-0.39, 0.29) is 24.0 Å². The summed E-state index contributed by atoms with van der Waals surface area (Å²) in [4.78, 5) is 40.0. The van der Waals surface area contributed by atoms with Crippen molar-refractivity contribution in [3.05, 3.63) is 71.0 Å². The van der Waals surface area contributed by atoms with Crippen molar-refractivity contribution in [3.8, 4) is 0 Å². The van der Waals surface area contributed by atoms with Crippen molar-refractivity contribution in [3.63, 3.8) is 0 Å². The Balaban J connectivity index is 1.47. The molecule has 3 amide bonds. The molecule has 6 heteroatoms. The van der Waals surface area contributed by atoms with E-state index in [0.717, 1.165) is 39.8 Å². The maximum absolute atomic E-state index is 13.3. The highest BCUT2D eigenvalue weighted by Gasteiger charge is 2.54. The molecule has 2 aliphatic rings. The molecule has 1 aliphatic carbocycles. The minimum absolute atomic E-state index is 0.191. The molecule has 1 unspecified atom stereocenters. The molecule has 1 atom stereocenters. The number of imide groups is 1. The third kappa shape index (κ3) is 2.52. The largest absolute Gasteiger partial charge is 0.453 e. The molecule has 1 N–H and O–H groups in total. The van der Waals surface area contributed by atoms with Crippen LogP contribution in [0.25, 0.3) is 11.0 Å². The standard InChI is InChI=1S/C23H20N2O4/c1-14-16-9-3-5-11-19(16)29-20(14)18(26)13-25-21(27)23(24-22(25)28)12-6-8-15-7-2-4-10-17(15)23/h2-5,7,9-11H,6,8,12-13H2,1H3,(H,24,28). The van der Waals surface area contributed by atoms with Crippen molar-refractivity contribution in [2.75, 3.05) is 6.54 Å². The molecular weight excluding hydrogens is 368 g/mol.